The summed E-state index contributed by atoms with van der Waals surface area (Å²) in [6.07, 6.45) is 0. The van der Waals surface area contributed by atoms with E-state index < -0.39 is 11.7 Å². The second kappa shape index (κ2) is 3.89. The summed E-state index contributed by atoms with van der Waals surface area (Å²) < 4.78 is 18.0. The number of carbonyl (C=O) groups is 1. The van der Waals surface area contributed by atoms with E-state index in [1.807, 2.05) is 0 Å². The maximum atomic E-state index is 13.1. The monoisotopic (exact) mass is 183 g/mol. The standard InChI is InChI=1S/C9H10FNO2/c1-2-13-8-6(9(11)12)4-3-5-7(8)10/h3-5H,2H2,1H3,(H2,11,12). The van der Waals surface area contributed by atoms with Crippen LogP contribution in [-0.2, 0) is 0 Å². The van der Waals surface area contributed by atoms with Gasteiger partial charge in [0.15, 0.2) is 11.6 Å². The van der Waals surface area contributed by atoms with Crippen LogP contribution >= 0.6 is 0 Å². The van der Waals surface area contributed by atoms with E-state index in [9.17, 15) is 9.18 Å². The van der Waals surface area contributed by atoms with E-state index in [1.165, 1.54) is 18.2 Å². The highest BCUT2D eigenvalue weighted by molar-refractivity contribution is 5.95. The number of para-hydroxylation sites is 1. The zero-order chi connectivity index (χ0) is 9.84. The summed E-state index contributed by atoms with van der Waals surface area (Å²) >= 11 is 0. The number of hydrogen-bond donors (Lipinski definition) is 1. The fourth-order valence-corrected chi connectivity index (χ4v) is 0.994. The summed E-state index contributed by atoms with van der Waals surface area (Å²) in [4.78, 5) is 10.8. The van der Waals surface area contributed by atoms with E-state index in [0.717, 1.165) is 0 Å². The average molecular weight is 183 g/mol. The molecule has 0 spiro atoms. The van der Waals surface area contributed by atoms with Gasteiger partial charge in [-0.15, -0.1) is 0 Å². The Morgan fingerprint density at radius 3 is 2.85 bits per heavy atom. The van der Waals surface area contributed by atoms with Crippen LogP contribution in [0.3, 0.4) is 0 Å². The molecule has 0 aliphatic rings. The lowest BCUT2D eigenvalue weighted by molar-refractivity contribution is 0.0995. The first-order valence-electron chi connectivity index (χ1n) is 3.88. The number of carbonyl (C=O) groups excluding carboxylic acids is 1. The summed E-state index contributed by atoms with van der Waals surface area (Å²) in [5.74, 6) is -1.33. The van der Waals surface area contributed by atoms with Gasteiger partial charge in [0.05, 0.1) is 12.2 Å². The fourth-order valence-electron chi connectivity index (χ4n) is 0.994. The van der Waals surface area contributed by atoms with Gasteiger partial charge in [0, 0.05) is 0 Å². The Balaban J connectivity index is 3.17. The van der Waals surface area contributed by atoms with Crippen LogP contribution in [0.1, 0.15) is 17.3 Å². The van der Waals surface area contributed by atoms with Crippen LogP contribution in [0.15, 0.2) is 18.2 Å². The van der Waals surface area contributed by atoms with Crippen molar-refractivity contribution in [2.24, 2.45) is 5.73 Å². The van der Waals surface area contributed by atoms with E-state index in [0.29, 0.717) is 6.61 Å². The molecular formula is C9H10FNO2. The molecule has 0 saturated carbocycles. The highest BCUT2D eigenvalue weighted by Crippen LogP contribution is 2.21. The van der Waals surface area contributed by atoms with E-state index in [1.54, 1.807) is 6.92 Å². The number of primary amides is 1. The molecule has 0 saturated heterocycles. The molecule has 2 N–H and O–H groups in total. The van der Waals surface area contributed by atoms with Gasteiger partial charge in [0.2, 0.25) is 0 Å². The van der Waals surface area contributed by atoms with Crippen molar-refractivity contribution in [1.82, 2.24) is 0 Å². The van der Waals surface area contributed by atoms with Gasteiger partial charge in [-0.3, -0.25) is 4.79 Å². The summed E-state index contributed by atoms with van der Waals surface area (Å²) in [5, 5.41) is 0. The fraction of sp³-hybridized carbons (Fsp3) is 0.222. The molecule has 0 aromatic heterocycles. The smallest absolute Gasteiger partial charge is 0.252 e. The third-order valence-electron chi connectivity index (χ3n) is 1.52. The molecule has 1 rings (SSSR count). The van der Waals surface area contributed by atoms with Crippen LogP contribution in [0.2, 0.25) is 0 Å². The van der Waals surface area contributed by atoms with Gasteiger partial charge in [-0.05, 0) is 19.1 Å². The van der Waals surface area contributed by atoms with E-state index >= 15 is 0 Å². The van der Waals surface area contributed by atoms with Crippen molar-refractivity contribution < 1.29 is 13.9 Å². The van der Waals surface area contributed by atoms with Crippen molar-refractivity contribution in [3.8, 4) is 5.75 Å². The number of hydrogen-bond acceptors (Lipinski definition) is 2. The highest BCUT2D eigenvalue weighted by atomic mass is 19.1. The Kier molecular flexibility index (Phi) is 2.84. The molecule has 4 heteroatoms. The topological polar surface area (TPSA) is 52.3 Å². The van der Waals surface area contributed by atoms with Crippen LogP contribution in [0.5, 0.6) is 5.75 Å². The Hall–Kier alpha value is -1.58. The zero-order valence-electron chi connectivity index (χ0n) is 7.21. The number of nitrogens with two attached hydrogens (primary N) is 1. The molecule has 0 bridgehead atoms. The van der Waals surface area contributed by atoms with Crippen LogP contribution in [0.4, 0.5) is 4.39 Å². The highest BCUT2D eigenvalue weighted by Gasteiger charge is 2.12. The SMILES string of the molecule is CCOc1c(F)cccc1C(N)=O. The molecule has 0 aliphatic heterocycles. The van der Waals surface area contributed by atoms with Gasteiger partial charge in [0.25, 0.3) is 5.91 Å². The van der Waals surface area contributed by atoms with Crippen LogP contribution in [0, 0.1) is 5.82 Å². The van der Waals surface area contributed by atoms with E-state index in [-0.39, 0.29) is 11.3 Å². The quantitative estimate of drug-likeness (QED) is 0.768. The maximum Gasteiger partial charge on any atom is 0.252 e. The van der Waals surface area contributed by atoms with Crippen molar-refractivity contribution in [3.05, 3.63) is 29.6 Å². The molecule has 0 unspecified atom stereocenters. The third-order valence-corrected chi connectivity index (χ3v) is 1.52. The van der Waals surface area contributed by atoms with Crippen molar-refractivity contribution >= 4 is 5.91 Å². The Morgan fingerprint density at radius 1 is 1.62 bits per heavy atom. The first kappa shape index (κ1) is 9.51. The minimum absolute atomic E-state index is 0.0712. The lowest BCUT2D eigenvalue weighted by Gasteiger charge is -2.07. The average Bonchev–Trinajstić information content (AvgIpc) is 2.08. The van der Waals surface area contributed by atoms with Crippen molar-refractivity contribution in [2.45, 2.75) is 6.92 Å². The molecule has 0 radical (unpaired) electrons. The number of benzene rings is 1. The van der Waals surface area contributed by atoms with E-state index in [4.69, 9.17) is 10.5 Å². The zero-order valence-corrected chi connectivity index (χ0v) is 7.21. The Bertz CT molecular complexity index is 325. The molecule has 3 nitrogen and oxygen atoms in total. The largest absolute Gasteiger partial charge is 0.490 e. The van der Waals surface area contributed by atoms with Crippen molar-refractivity contribution in [2.75, 3.05) is 6.61 Å². The summed E-state index contributed by atoms with van der Waals surface area (Å²) in [5.41, 5.74) is 5.10. The second-order valence-electron chi connectivity index (χ2n) is 2.41. The lowest BCUT2D eigenvalue weighted by atomic mass is 10.2. The minimum Gasteiger partial charge on any atom is -0.490 e. The second-order valence-corrected chi connectivity index (χ2v) is 2.41. The molecule has 1 aromatic carbocycles. The number of amides is 1. The van der Waals surface area contributed by atoms with E-state index in [2.05, 4.69) is 0 Å². The van der Waals surface area contributed by atoms with Gasteiger partial charge < -0.3 is 10.5 Å². The lowest BCUT2D eigenvalue weighted by Crippen LogP contribution is -2.13. The molecule has 0 fully saturated rings. The molecule has 0 heterocycles. The molecule has 0 aliphatic carbocycles. The van der Waals surface area contributed by atoms with Gasteiger partial charge in [-0.1, -0.05) is 6.07 Å². The predicted octanol–water partition coefficient (Wildman–Crippen LogP) is 1.32. The van der Waals surface area contributed by atoms with Crippen LogP contribution in [-0.4, -0.2) is 12.5 Å². The van der Waals surface area contributed by atoms with Gasteiger partial charge in [0.1, 0.15) is 0 Å². The van der Waals surface area contributed by atoms with Crippen LogP contribution < -0.4 is 10.5 Å². The Morgan fingerprint density at radius 2 is 2.31 bits per heavy atom. The summed E-state index contributed by atoms with van der Waals surface area (Å²) in [6, 6.07) is 4.06. The predicted molar refractivity (Wildman–Crippen MR) is 46.1 cm³/mol. The van der Waals surface area contributed by atoms with Crippen LogP contribution in [0.25, 0.3) is 0 Å². The third kappa shape index (κ3) is 1.96. The van der Waals surface area contributed by atoms with Gasteiger partial charge >= 0.3 is 0 Å². The van der Waals surface area contributed by atoms with Gasteiger partial charge in [-0.25, -0.2) is 4.39 Å². The minimum atomic E-state index is -0.692. The summed E-state index contributed by atoms with van der Waals surface area (Å²) in [7, 11) is 0. The molecule has 0 atom stereocenters. The molecule has 70 valence electrons. The number of halogens is 1. The molecule has 1 aromatic rings. The number of rotatable bonds is 3. The van der Waals surface area contributed by atoms with Crippen molar-refractivity contribution in [1.29, 1.82) is 0 Å². The number of ether oxygens (including phenoxy) is 1. The van der Waals surface area contributed by atoms with Crippen molar-refractivity contribution in [3.63, 3.8) is 0 Å². The van der Waals surface area contributed by atoms with Gasteiger partial charge in [-0.2, -0.15) is 0 Å². The Labute approximate surface area is 75.3 Å². The first-order chi connectivity index (χ1) is 6.16. The molecule has 1 amide bonds. The molecular weight excluding hydrogens is 173 g/mol. The maximum absolute atomic E-state index is 13.1. The summed E-state index contributed by atoms with van der Waals surface area (Å²) in [6.45, 7) is 2.00. The normalized spacial score (nSPS) is 9.69. The first-order valence-corrected chi connectivity index (χ1v) is 3.88. The molecule has 13 heavy (non-hydrogen) atoms.